The van der Waals surface area contributed by atoms with Crippen LogP contribution < -0.4 is 4.74 Å². The topological polar surface area (TPSA) is 63.6 Å². The van der Waals surface area contributed by atoms with E-state index in [1.807, 2.05) is 12.1 Å². The third kappa shape index (κ3) is 5.88. The second kappa shape index (κ2) is 9.91. The maximum Gasteiger partial charge on any atom is 0.405 e. The highest BCUT2D eigenvalue weighted by atomic mass is 32.2. The van der Waals surface area contributed by atoms with Crippen LogP contribution in [0.5, 0.6) is 5.75 Å². The van der Waals surface area contributed by atoms with Crippen molar-refractivity contribution in [3.05, 3.63) is 81.9 Å². The minimum absolute atomic E-state index is 0.175. The zero-order valence-electron chi connectivity index (χ0n) is 20.9. The summed E-state index contributed by atoms with van der Waals surface area (Å²) in [5, 5.41) is -4.44. The second-order valence-corrected chi connectivity index (χ2v) is 12.7. The van der Waals surface area contributed by atoms with E-state index in [1.54, 1.807) is 13.8 Å². The summed E-state index contributed by atoms with van der Waals surface area (Å²) < 4.78 is 64.9. The minimum Gasteiger partial charge on any atom is -0.483 e. The van der Waals surface area contributed by atoms with Gasteiger partial charge in [-0.15, -0.1) is 0 Å². The first-order valence-electron chi connectivity index (χ1n) is 11.1. The van der Waals surface area contributed by atoms with Crippen LogP contribution in [0.25, 0.3) is 0 Å². The fourth-order valence-electron chi connectivity index (χ4n) is 4.18. The van der Waals surface area contributed by atoms with Crippen LogP contribution in [0, 0.1) is 41.5 Å². The number of alkyl halides is 2. The van der Waals surface area contributed by atoms with Gasteiger partial charge in [0.15, 0.2) is 20.8 Å². The molecule has 0 fully saturated rings. The van der Waals surface area contributed by atoms with E-state index in [0.717, 1.165) is 43.9 Å². The number of hydrogen-bond acceptors (Lipinski definition) is 3. The normalized spacial score (nSPS) is 13.2. The number of rotatable bonds is 7. The van der Waals surface area contributed by atoms with Gasteiger partial charge >= 0.3 is 15.4 Å². The van der Waals surface area contributed by atoms with Crippen molar-refractivity contribution in [1.29, 1.82) is 0 Å². The van der Waals surface area contributed by atoms with E-state index in [0.29, 0.717) is 11.1 Å². The van der Waals surface area contributed by atoms with Gasteiger partial charge in [-0.2, -0.15) is 17.2 Å². The first-order chi connectivity index (χ1) is 16.1. The fourth-order valence-corrected chi connectivity index (χ4v) is 7.27. The molecule has 0 saturated heterocycles. The Bertz CT molecular complexity index is 1250. The summed E-state index contributed by atoms with van der Waals surface area (Å²) in [5.41, 5.74) is 5.80. The molecule has 0 aromatic heterocycles. The van der Waals surface area contributed by atoms with Gasteiger partial charge in [-0.3, -0.25) is 4.55 Å². The van der Waals surface area contributed by atoms with Gasteiger partial charge in [0.1, 0.15) is 5.75 Å². The Balaban J connectivity index is 2.15. The molecule has 0 heterocycles. The molecule has 8 heteroatoms. The summed E-state index contributed by atoms with van der Waals surface area (Å²) in [5.74, 6) is 0.175. The van der Waals surface area contributed by atoms with Crippen LogP contribution in [0.2, 0.25) is 0 Å². The predicted molar refractivity (Wildman–Crippen MR) is 136 cm³/mol. The van der Waals surface area contributed by atoms with Crippen molar-refractivity contribution in [2.24, 2.45) is 0 Å². The molecule has 3 rings (SSSR count). The maximum absolute atomic E-state index is 14.1. The van der Waals surface area contributed by atoms with Gasteiger partial charge in [-0.05, 0) is 106 Å². The van der Waals surface area contributed by atoms with Crippen molar-refractivity contribution in [2.45, 2.75) is 74.5 Å². The number of halogens is 2. The number of hydrogen-bond donors (Lipinski definition) is 1. The lowest BCUT2D eigenvalue weighted by Gasteiger charge is -2.24. The van der Waals surface area contributed by atoms with Crippen molar-refractivity contribution in [1.82, 2.24) is 0 Å². The third-order valence-electron chi connectivity index (χ3n) is 5.64. The van der Waals surface area contributed by atoms with Gasteiger partial charge in [-0.25, -0.2) is 0 Å². The molecule has 4 nitrogen and oxygen atoms in total. The molecule has 1 N–H and O–H groups in total. The van der Waals surface area contributed by atoms with Crippen LogP contribution in [0.1, 0.15) is 40.3 Å². The summed E-state index contributed by atoms with van der Waals surface area (Å²) in [7, 11) is -6.08. The van der Waals surface area contributed by atoms with Crippen molar-refractivity contribution in [3.63, 3.8) is 0 Å². The van der Waals surface area contributed by atoms with Crippen molar-refractivity contribution in [3.8, 4) is 5.75 Å². The average molecular weight is 522 g/mol. The molecule has 1 unspecified atom stereocenters. The summed E-state index contributed by atoms with van der Waals surface area (Å²) in [6.45, 7) is 12.7. The number of benzene rings is 3. The quantitative estimate of drug-likeness (QED) is 0.272. The van der Waals surface area contributed by atoms with Crippen LogP contribution in [0.3, 0.4) is 0 Å². The standard InChI is InChI=1S/C27H30F2O4S2/c1-16-8-17(2)11-23(10-16)34(24-12-18(3)9-19(4)13-24)25-14-20(5)26(21(6)15-25)33-22(7)27(28,29)35(30,31)32/h8-15,22H,1-7H3/p+1. The molecule has 0 radical (unpaired) electrons. The lowest BCUT2D eigenvalue weighted by molar-refractivity contribution is -0.0241. The molecular weight excluding hydrogens is 490 g/mol. The Morgan fingerprint density at radius 3 is 1.43 bits per heavy atom. The van der Waals surface area contributed by atoms with Crippen molar-refractivity contribution in [2.75, 3.05) is 0 Å². The van der Waals surface area contributed by atoms with E-state index in [2.05, 4.69) is 64.1 Å². The maximum atomic E-state index is 14.1. The summed E-state index contributed by atoms with van der Waals surface area (Å²) in [6, 6.07) is 16.7. The third-order valence-corrected chi connectivity index (χ3v) is 8.78. The highest BCUT2D eigenvalue weighted by molar-refractivity contribution is 7.97. The summed E-state index contributed by atoms with van der Waals surface area (Å²) >= 11 is 0. The van der Waals surface area contributed by atoms with Gasteiger partial charge in [0.25, 0.3) is 0 Å². The predicted octanol–water partition coefficient (Wildman–Crippen LogP) is 6.88. The summed E-state index contributed by atoms with van der Waals surface area (Å²) in [6.07, 6.45) is -2.07. The lowest BCUT2D eigenvalue weighted by Crippen LogP contribution is -2.42. The molecule has 0 saturated carbocycles. The Kier molecular flexibility index (Phi) is 7.70. The van der Waals surface area contributed by atoms with Crippen molar-refractivity contribution < 1.29 is 26.5 Å². The molecule has 35 heavy (non-hydrogen) atoms. The van der Waals surface area contributed by atoms with Crippen LogP contribution in [0.4, 0.5) is 8.78 Å². The van der Waals surface area contributed by atoms with E-state index < -0.39 is 32.4 Å². The smallest absolute Gasteiger partial charge is 0.405 e. The highest BCUT2D eigenvalue weighted by Crippen LogP contribution is 2.38. The molecule has 1 atom stereocenters. The average Bonchev–Trinajstić information content (AvgIpc) is 2.68. The second-order valence-electron chi connectivity index (χ2n) is 9.14. The molecule has 0 aliphatic carbocycles. The number of aryl methyl sites for hydroxylation is 6. The lowest BCUT2D eigenvalue weighted by atomic mass is 10.1. The van der Waals surface area contributed by atoms with Gasteiger partial charge < -0.3 is 4.74 Å². The van der Waals surface area contributed by atoms with E-state index in [4.69, 9.17) is 9.29 Å². The highest BCUT2D eigenvalue weighted by Gasteiger charge is 2.51. The van der Waals surface area contributed by atoms with Crippen molar-refractivity contribution >= 4 is 21.0 Å². The van der Waals surface area contributed by atoms with Gasteiger partial charge in [0.05, 0.1) is 10.9 Å². The molecule has 0 aliphatic heterocycles. The monoisotopic (exact) mass is 521 g/mol. The van der Waals surface area contributed by atoms with Crippen LogP contribution >= 0.6 is 0 Å². The summed E-state index contributed by atoms with van der Waals surface area (Å²) in [4.78, 5) is 3.29. The van der Waals surface area contributed by atoms with E-state index in [-0.39, 0.29) is 5.75 Å². The van der Waals surface area contributed by atoms with E-state index in [9.17, 15) is 17.2 Å². The minimum atomic E-state index is -5.61. The molecule has 0 amide bonds. The van der Waals surface area contributed by atoms with Gasteiger partial charge in [0, 0.05) is 12.1 Å². The zero-order valence-corrected chi connectivity index (χ0v) is 22.6. The Hall–Kier alpha value is -2.42. The first kappa shape index (κ1) is 27.2. The molecule has 3 aromatic carbocycles. The Morgan fingerprint density at radius 2 is 1.09 bits per heavy atom. The Labute approximate surface area is 209 Å². The molecule has 3 aromatic rings. The van der Waals surface area contributed by atoms with Crippen LogP contribution in [-0.2, 0) is 21.0 Å². The molecule has 0 bridgehead atoms. The molecule has 188 valence electrons. The zero-order chi connectivity index (χ0) is 26.3. The largest absolute Gasteiger partial charge is 0.483 e. The fraction of sp³-hybridized carbons (Fsp3) is 0.333. The molecular formula is C27H31F2O4S2+. The molecule has 0 aliphatic rings. The van der Waals surface area contributed by atoms with E-state index in [1.165, 1.54) is 0 Å². The first-order valence-corrected chi connectivity index (χ1v) is 13.8. The Morgan fingerprint density at radius 1 is 0.743 bits per heavy atom. The van der Waals surface area contributed by atoms with E-state index >= 15 is 0 Å². The van der Waals surface area contributed by atoms with Crippen LogP contribution in [-0.4, -0.2) is 24.3 Å². The van der Waals surface area contributed by atoms with Gasteiger partial charge in [-0.1, -0.05) is 12.1 Å². The van der Waals surface area contributed by atoms with Gasteiger partial charge in [0.2, 0.25) is 0 Å². The number of ether oxygens (including phenoxy) is 1. The SMILES string of the molecule is Cc1cc(C)cc([S+](c2cc(C)cc(C)c2)c2cc(C)c(OC(C)C(F)(F)S(=O)(=O)O)c(C)c2)c1. The molecule has 0 spiro atoms. The van der Waals surface area contributed by atoms with Crippen LogP contribution in [0.15, 0.2) is 63.2 Å².